The molecule has 0 saturated carbocycles. The van der Waals surface area contributed by atoms with Crippen molar-refractivity contribution < 1.29 is 18.0 Å². The number of hydrogen-bond acceptors (Lipinski definition) is 4. The summed E-state index contributed by atoms with van der Waals surface area (Å²) in [7, 11) is 0. The van der Waals surface area contributed by atoms with Gasteiger partial charge in [0.25, 0.3) is 0 Å². The number of carbonyl (C=O) groups is 1. The maximum atomic E-state index is 12.3. The highest BCUT2D eigenvalue weighted by molar-refractivity contribution is 7.15. The fourth-order valence-corrected chi connectivity index (χ4v) is 2.09. The van der Waals surface area contributed by atoms with Gasteiger partial charge in [0, 0.05) is 5.02 Å². The number of rotatable bonds is 3. The number of halogens is 4. The minimum Gasteiger partial charge on any atom is -0.300 e. The first-order chi connectivity index (χ1) is 9.34. The lowest BCUT2D eigenvalue weighted by atomic mass is 10.1. The number of anilines is 1. The Bertz CT molecular complexity index is 612. The average Bonchev–Trinajstić information content (AvgIpc) is 2.80. The summed E-state index contributed by atoms with van der Waals surface area (Å²) in [6, 6.07) is 6.56. The molecule has 0 aliphatic heterocycles. The van der Waals surface area contributed by atoms with Crippen LogP contribution < -0.4 is 5.32 Å². The third-order valence-electron chi connectivity index (χ3n) is 2.19. The molecule has 0 radical (unpaired) electrons. The lowest BCUT2D eigenvalue weighted by molar-refractivity contribution is -0.138. The Labute approximate surface area is 120 Å². The zero-order valence-corrected chi connectivity index (χ0v) is 11.3. The van der Waals surface area contributed by atoms with Crippen molar-refractivity contribution in [1.82, 2.24) is 10.2 Å². The zero-order valence-electron chi connectivity index (χ0n) is 9.74. The fraction of sp³-hybridized carbons (Fsp3) is 0.182. The van der Waals surface area contributed by atoms with Crippen LogP contribution in [0.4, 0.5) is 18.3 Å². The molecule has 4 nitrogen and oxygen atoms in total. The quantitative estimate of drug-likeness (QED) is 0.942. The average molecular weight is 322 g/mol. The van der Waals surface area contributed by atoms with Crippen molar-refractivity contribution in [3.8, 4) is 0 Å². The molecule has 1 amide bonds. The van der Waals surface area contributed by atoms with Crippen LogP contribution in [-0.4, -0.2) is 16.1 Å². The fourth-order valence-electron chi connectivity index (χ4n) is 1.34. The first-order valence-corrected chi connectivity index (χ1v) is 6.49. The second-order valence-electron chi connectivity index (χ2n) is 3.76. The lowest BCUT2D eigenvalue weighted by Crippen LogP contribution is -2.14. The van der Waals surface area contributed by atoms with Gasteiger partial charge in [-0.05, 0) is 17.7 Å². The van der Waals surface area contributed by atoms with E-state index in [0.29, 0.717) is 10.6 Å². The summed E-state index contributed by atoms with van der Waals surface area (Å²) in [5, 5.41) is 7.77. The molecule has 9 heteroatoms. The molecule has 0 fully saturated rings. The zero-order chi connectivity index (χ0) is 14.8. The van der Waals surface area contributed by atoms with Crippen molar-refractivity contribution in [2.75, 3.05) is 5.32 Å². The minimum absolute atomic E-state index is 0.0120. The summed E-state index contributed by atoms with van der Waals surface area (Å²) in [5.74, 6) is -0.475. The van der Waals surface area contributed by atoms with Gasteiger partial charge in [-0.2, -0.15) is 13.2 Å². The molecule has 20 heavy (non-hydrogen) atoms. The number of amides is 1. The van der Waals surface area contributed by atoms with Gasteiger partial charge in [-0.25, -0.2) is 0 Å². The van der Waals surface area contributed by atoms with Crippen molar-refractivity contribution >= 4 is 34.0 Å². The van der Waals surface area contributed by atoms with Gasteiger partial charge in [0.15, 0.2) is 0 Å². The molecule has 2 rings (SSSR count). The summed E-state index contributed by atoms with van der Waals surface area (Å²) in [6.45, 7) is 0. The van der Waals surface area contributed by atoms with Crippen molar-refractivity contribution in [3.05, 3.63) is 39.9 Å². The Kier molecular flexibility index (Phi) is 4.24. The minimum atomic E-state index is -4.56. The Morgan fingerprint density at radius 1 is 1.25 bits per heavy atom. The number of benzene rings is 1. The van der Waals surface area contributed by atoms with Crippen LogP contribution in [0.1, 0.15) is 10.6 Å². The molecule has 1 aromatic carbocycles. The maximum Gasteiger partial charge on any atom is 0.445 e. The molecule has 2 aromatic rings. The van der Waals surface area contributed by atoms with E-state index < -0.39 is 17.1 Å². The van der Waals surface area contributed by atoms with Crippen LogP contribution in [0.15, 0.2) is 24.3 Å². The van der Waals surface area contributed by atoms with Gasteiger partial charge in [-0.15, -0.1) is 10.2 Å². The molecule has 1 heterocycles. The van der Waals surface area contributed by atoms with E-state index in [4.69, 9.17) is 11.6 Å². The van der Waals surface area contributed by atoms with Gasteiger partial charge in [-0.1, -0.05) is 35.1 Å². The molecule has 0 aliphatic carbocycles. The lowest BCUT2D eigenvalue weighted by Gasteiger charge is -2.01. The smallest absolute Gasteiger partial charge is 0.300 e. The van der Waals surface area contributed by atoms with E-state index >= 15 is 0 Å². The Morgan fingerprint density at radius 3 is 2.45 bits per heavy atom. The van der Waals surface area contributed by atoms with Gasteiger partial charge in [0.1, 0.15) is 0 Å². The van der Waals surface area contributed by atoms with Crippen LogP contribution in [-0.2, 0) is 17.4 Å². The van der Waals surface area contributed by atoms with Crippen molar-refractivity contribution in [2.24, 2.45) is 0 Å². The van der Waals surface area contributed by atoms with Crippen LogP contribution in [0.2, 0.25) is 5.02 Å². The molecular formula is C11H7ClF3N3OS. The molecule has 0 spiro atoms. The van der Waals surface area contributed by atoms with Gasteiger partial charge in [0.05, 0.1) is 6.42 Å². The number of nitrogens with zero attached hydrogens (tertiary/aromatic N) is 2. The Morgan fingerprint density at radius 2 is 1.90 bits per heavy atom. The highest BCUT2D eigenvalue weighted by atomic mass is 35.5. The second-order valence-corrected chi connectivity index (χ2v) is 5.18. The van der Waals surface area contributed by atoms with E-state index in [2.05, 4.69) is 15.5 Å². The van der Waals surface area contributed by atoms with Crippen molar-refractivity contribution in [1.29, 1.82) is 0 Å². The third kappa shape index (κ3) is 3.91. The number of carbonyl (C=O) groups excluding carboxylic acids is 1. The molecule has 0 bridgehead atoms. The molecule has 0 saturated heterocycles. The summed E-state index contributed by atoms with van der Waals surface area (Å²) < 4.78 is 36.9. The first kappa shape index (κ1) is 14.7. The van der Waals surface area contributed by atoms with Crippen LogP contribution in [0.3, 0.4) is 0 Å². The monoisotopic (exact) mass is 321 g/mol. The molecule has 106 valence electrons. The third-order valence-corrected chi connectivity index (χ3v) is 3.33. The summed E-state index contributed by atoms with van der Waals surface area (Å²) in [6.07, 6.45) is -4.55. The van der Waals surface area contributed by atoms with E-state index in [-0.39, 0.29) is 22.9 Å². The Balaban J connectivity index is 1.98. The van der Waals surface area contributed by atoms with Crippen molar-refractivity contribution in [2.45, 2.75) is 12.6 Å². The molecule has 0 unspecified atom stereocenters. The molecule has 0 atom stereocenters. The van der Waals surface area contributed by atoms with Gasteiger partial charge in [0.2, 0.25) is 16.0 Å². The van der Waals surface area contributed by atoms with Gasteiger partial charge >= 0.3 is 6.18 Å². The predicted molar refractivity (Wildman–Crippen MR) is 68.7 cm³/mol. The standard InChI is InChI=1S/C11H7ClF3N3OS/c12-7-3-1-6(2-4-7)5-8(19)16-10-18-17-9(20-10)11(13,14)15/h1-4H,5H2,(H,16,18,19). The van der Waals surface area contributed by atoms with Gasteiger partial charge in [-0.3, -0.25) is 4.79 Å². The highest BCUT2D eigenvalue weighted by Crippen LogP contribution is 2.32. The van der Waals surface area contributed by atoms with E-state index in [1.807, 2.05) is 0 Å². The normalized spacial score (nSPS) is 11.4. The number of hydrogen-bond donors (Lipinski definition) is 1. The highest BCUT2D eigenvalue weighted by Gasteiger charge is 2.35. The van der Waals surface area contributed by atoms with E-state index in [0.717, 1.165) is 0 Å². The predicted octanol–water partition coefficient (Wildman–Crippen LogP) is 3.39. The van der Waals surface area contributed by atoms with Crippen LogP contribution >= 0.6 is 22.9 Å². The Hall–Kier alpha value is -1.67. The topological polar surface area (TPSA) is 54.9 Å². The van der Waals surface area contributed by atoms with E-state index in [1.165, 1.54) is 0 Å². The molecule has 0 aliphatic rings. The van der Waals surface area contributed by atoms with E-state index in [9.17, 15) is 18.0 Å². The second kappa shape index (κ2) is 5.76. The largest absolute Gasteiger partial charge is 0.445 e. The van der Waals surface area contributed by atoms with Gasteiger partial charge < -0.3 is 5.32 Å². The number of aromatic nitrogens is 2. The van der Waals surface area contributed by atoms with Crippen LogP contribution in [0, 0.1) is 0 Å². The molecule has 1 N–H and O–H groups in total. The molecular weight excluding hydrogens is 315 g/mol. The summed E-state index contributed by atoms with van der Waals surface area (Å²) in [5.41, 5.74) is 0.687. The summed E-state index contributed by atoms with van der Waals surface area (Å²) >= 11 is 5.98. The summed E-state index contributed by atoms with van der Waals surface area (Å²) in [4.78, 5) is 11.6. The van der Waals surface area contributed by atoms with Crippen LogP contribution in [0.25, 0.3) is 0 Å². The first-order valence-electron chi connectivity index (χ1n) is 5.29. The SMILES string of the molecule is O=C(Cc1ccc(Cl)cc1)Nc1nnc(C(F)(F)F)s1. The maximum absolute atomic E-state index is 12.3. The number of nitrogens with one attached hydrogen (secondary N) is 1. The molecule has 1 aromatic heterocycles. The van der Waals surface area contributed by atoms with E-state index in [1.54, 1.807) is 24.3 Å². The van der Waals surface area contributed by atoms with Crippen LogP contribution in [0.5, 0.6) is 0 Å². The van der Waals surface area contributed by atoms with Crippen molar-refractivity contribution in [3.63, 3.8) is 0 Å². The number of alkyl halides is 3.